The summed E-state index contributed by atoms with van der Waals surface area (Å²) in [7, 11) is 1.64. The molecule has 2 aromatic carbocycles. The molecule has 34 heavy (non-hydrogen) atoms. The maximum Gasteiger partial charge on any atom is 0.290 e. The molecule has 1 unspecified atom stereocenters. The number of carbonyl (C=O) groups is 1. The predicted molar refractivity (Wildman–Crippen MR) is 133 cm³/mol. The third kappa shape index (κ3) is 4.60. The van der Waals surface area contributed by atoms with Crippen LogP contribution in [-0.2, 0) is 4.74 Å². The molecule has 180 valence electrons. The molecule has 0 N–H and O–H groups in total. The van der Waals surface area contributed by atoms with Gasteiger partial charge in [-0.1, -0.05) is 32.0 Å². The number of methoxy groups -OCH3 is 1. The molecule has 0 spiro atoms. The van der Waals surface area contributed by atoms with Crippen LogP contribution in [0.4, 0.5) is 0 Å². The van der Waals surface area contributed by atoms with Crippen LogP contribution in [0.3, 0.4) is 0 Å². The van der Waals surface area contributed by atoms with Gasteiger partial charge in [-0.15, -0.1) is 0 Å². The first kappa shape index (κ1) is 24.0. The summed E-state index contributed by atoms with van der Waals surface area (Å²) in [4.78, 5) is 29.0. The Morgan fingerprint density at radius 2 is 1.88 bits per heavy atom. The summed E-state index contributed by atoms with van der Waals surface area (Å²) < 4.78 is 17.3. The van der Waals surface area contributed by atoms with Gasteiger partial charge in [-0.25, -0.2) is 0 Å². The van der Waals surface area contributed by atoms with Gasteiger partial charge < -0.3 is 18.8 Å². The first-order chi connectivity index (χ1) is 16.3. The second-order valence-electron chi connectivity index (χ2n) is 9.48. The summed E-state index contributed by atoms with van der Waals surface area (Å²) in [5.74, 6) is 1.15. The molecule has 0 fully saturated rings. The Kier molecular flexibility index (Phi) is 7.08. The number of ether oxygens (including phenoxy) is 2. The fourth-order valence-corrected chi connectivity index (χ4v) is 4.66. The number of amides is 1. The highest BCUT2D eigenvalue weighted by molar-refractivity contribution is 5.99. The quantitative estimate of drug-likeness (QED) is 0.397. The number of aryl methyl sites for hydroxylation is 2. The molecular formula is C28H33NO5. The Hall–Kier alpha value is -3.12. The molecule has 1 aromatic heterocycles. The van der Waals surface area contributed by atoms with Crippen LogP contribution in [0.1, 0.15) is 65.5 Å². The van der Waals surface area contributed by atoms with Crippen LogP contribution in [0.5, 0.6) is 5.75 Å². The van der Waals surface area contributed by atoms with Crippen LogP contribution in [0.25, 0.3) is 11.0 Å². The van der Waals surface area contributed by atoms with Gasteiger partial charge in [-0.3, -0.25) is 9.59 Å². The Balaban J connectivity index is 1.83. The minimum atomic E-state index is -0.533. The lowest BCUT2D eigenvalue weighted by molar-refractivity contribution is 0.0707. The maximum atomic E-state index is 13.8. The average molecular weight is 464 g/mol. The standard InChI is InChI=1S/C28H33NO5/c1-17(2)10-13-33-21-9-6-8-20(16-21)25-24-26(30)23-19(4)14-18(3)15-22(23)34-27(24)28(31)29(25)11-7-12-32-5/h6,8-9,14-17,25H,7,10-13H2,1-5H3. The smallest absolute Gasteiger partial charge is 0.290 e. The van der Waals surface area contributed by atoms with Crippen molar-refractivity contribution >= 4 is 16.9 Å². The zero-order chi connectivity index (χ0) is 24.4. The van der Waals surface area contributed by atoms with Gasteiger partial charge in [0.05, 0.1) is 23.6 Å². The first-order valence-corrected chi connectivity index (χ1v) is 11.9. The molecule has 1 atom stereocenters. The zero-order valence-corrected chi connectivity index (χ0v) is 20.6. The van der Waals surface area contributed by atoms with E-state index in [1.807, 2.05) is 50.2 Å². The van der Waals surface area contributed by atoms with Crippen molar-refractivity contribution in [3.63, 3.8) is 0 Å². The molecule has 6 heteroatoms. The van der Waals surface area contributed by atoms with E-state index in [4.69, 9.17) is 13.9 Å². The van der Waals surface area contributed by atoms with Gasteiger partial charge in [0.2, 0.25) is 5.76 Å². The summed E-state index contributed by atoms with van der Waals surface area (Å²) >= 11 is 0. The maximum absolute atomic E-state index is 13.8. The summed E-state index contributed by atoms with van der Waals surface area (Å²) in [6.45, 7) is 9.76. The summed E-state index contributed by atoms with van der Waals surface area (Å²) in [5.41, 5.74) is 3.38. The van der Waals surface area contributed by atoms with Crippen LogP contribution < -0.4 is 10.2 Å². The van der Waals surface area contributed by atoms with E-state index in [1.54, 1.807) is 12.0 Å². The van der Waals surface area contributed by atoms with Gasteiger partial charge >= 0.3 is 0 Å². The number of rotatable bonds is 9. The van der Waals surface area contributed by atoms with Crippen molar-refractivity contribution in [3.05, 3.63) is 74.6 Å². The van der Waals surface area contributed by atoms with Crippen molar-refractivity contribution < 1.29 is 18.7 Å². The molecular weight excluding hydrogens is 430 g/mol. The zero-order valence-electron chi connectivity index (χ0n) is 20.6. The molecule has 4 rings (SSSR count). The fourth-order valence-electron chi connectivity index (χ4n) is 4.66. The van der Waals surface area contributed by atoms with E-state index >= 15 is 0 Å². The van der Waals surface area contributed by atoms with Gasteiger partial charge in [0, 0.05) is 20.3 Å². The highest BCUT2D eigenvalue weighted by Gasteiger charge is 2.42. The molecule has 3 aromatic rings. The predicted octanol–water partition coefficient (Wildman–Crippen LogP) is 5.42. The normalized spacial score (nSPS) is 15.4. The summed E-state index contributed by atoms with van der Waals surface area (Å²) in [5, 5.41) is 0.533. The van der Waals surface area contributed by atoms with E-state index in [0.717, 1.165) is 28.9 Å². The number of carbonyl (C=O) groups excluding carboxylic acids is 1. The van der Waals surface area contributed by atoms with E-state index in [9.17, 15) is 9.59 Å². The van der Waals surface area contributed by atoms with Crippen molar-refractivity contribution in [2.75, 3.05) is 26.9 Å². The summed E-state index contributed by atoms with van der Waals surface area (Å²) in [6.07, 6.45) is 1.61. The van der Waals surface area contributed by atoms with Crippen LogP contribution >= 0.6 is 0 Å². The minimum Gasteiger partial charge on any atom is -0.494 e. The van der Waals surface area contributed by atoms with Crippen LogP contribution in [0.15, 0.2) is 45.6 Å². The molecule has 0 aliphatic carbocycles. The van der Waals surface area contributed by atoms with Crippen molar-refractivity contribution in [2.24, 2.45) is 5.92 Å². The molecule has 6 nitrogen and oxygen atoms in total. The number of benzene rings is 2. The van der Waals surface area contributed by atoms with Gasteiger partial charge in [0.1, 0.15) is 11.3 Å². The van der Waals surface area contributed by atoms with Crippen molar-refractivity contribution in [1.82, 2.24) is 4.90 Å². The second-order valence-corrected chi connectivity index (χ2v) is 9.48. The Labute approximate surface area is 200 Å². The molecule has 0 bridgehead atoms. The second kappa shape index (κ2) is 10.0. The summed E-state index contributed by atoms with van der Waals surface area (Å²) in [6, 6.07) is 11.0. The molecule has 0 radical (unpaired) electrons. The van der Waals surface area contributed by atoms with E-state index in [1.165, 1.54) is 0 Å². The lowest BCUT2D eigenvalue weighted by atomic mass is 9.96. The molecule has 1 aliphatic heterocycles. The molecule has 0 saturated carbocycles. The van der Waals surface area contributed by atoms with Crippen LogP contribution in [-0.4, -0.2) is 37.7 Å². The third-order valence-corrected chi connectivity index (χ3v) is 6.30. The molecule has 1 amide bonds. The monoisotopic (exact) mass is 463 g/mol. The molecule has 0 saturated heterocycles. The number of nitrogens with zero attached hydrogens (tertiary/aromatic N) is 1. The van der Waals surface area contributed by atoms with Crippen molar-refractivity contribution in [3.8, 4) is 5.75 Å². The number of hydrogen-bond donors (Lipinski definition) is 0. The van der Waals surface area contributed by atoms with Crippen LogP contribution in [0, 0.1) is 19.8 Å². The highest BCUT2D eigenvalue weighted by atomic mass is 16.5. The SMILES string of the molecule is COCCCN1C(=O)c2oc3cc(C)cc(C)c3c(=O)c2C1c1cccc(OCCC(C)C)c1. The third-order valence-electron chi connectivity index (χ3n) is 6.30. The van der Waals surface area contributed by atoms with E-state index in [0.29, 0.717) is 48.6 Å². The lowest BCUT2D eigenvalue weighted by Crippen LogP contribution is -2.31. The van der Waals surface area contributed by atoms with Crippen LogP contribution in [0.2, 0.25) is 0 Å². The molecule has 1 aliphatic rings. The fraction of sp³-hybridized carbons (Fsp3) is 0.429. The van der Waals surface area contributed by atoms with Crippen molar-refractivity contribution in [2.45, 2.75) is 46.6 Å². The first-order valence-electron chi connectivity index (χ1n) is 11.9. The largest absolute Gasteiger partial charge is 0.494 e. The number of hydrogen-bond acceptors (Lipinski definition) is 5. The lowest BCUT2D eigenvalue weighted by Gasteiger charge is -2.25. The van der Waals surface area contributed by atoms with Gasteiger partial charge in [0.25, 0.3) is 5.91 Å². The Morgan fingerprint density at radius 1 is 1.09 bits per heavy atom. The van der Waals surface area contributed by atoms with E-state index in [2.05, 4.69) is 13.8 Å². The average Bonchev–Trinajstić information content (AvgIpc) is 3.05. The van der Waals surface area contributed by atoms with E-state index < -0.39 is 6.04 Å². The topological polar surface area (TPSA) is 69.0 Å². The van der Waals surface area contributed by atoms with Gasteiger partial charge in [0.15, 0.2) is 5.43 Å². The Bertz CT molecular complexity index is 1260. The highest BCUT2D eigenvalue weighted by Crippen LogP contribution is 2.39. The van der Waals surface area contributed by atoms with Gasteiger partial charge in [-0.2, -0.15) is 0 Å². The number of fused-ring (bicyclic) bond motifs is 2. The van der Waals surface area contributed by atoms with Crippen molar-refractivity contribution in [1.29, 1.82) is 0 Å². The Morgan fingerprint density at radius 3 is 2.62 bits per heavy atom. The molecule has 2 heterocycles. The van der Waals surface area contributed by atoms with E-state index in [-0.39, 0.29) is 17.1 Å². The minimum absolute atomic E-state index is 0.135. The van der Waals surface area contributed by atoms with Gasteiger partial charge in [-0.05, 0) is 67.5 Å².